The van der Waals surface area contributed by atoms with E-state index in [-0.39, 0.29) is 6.42 Å². The van der Waals surface area contributed by atoms with Gasteiger partial charge in [-0.3, -0.25) is 4.79 Å². The number of aliphatic hydroxyl groups excluding tert-OH is 4. The summed E-state index contributed by atoms with van der Waals surface area (Å²) in [6, 6.07) is -1.32. The number of ether oxygens (including phenoxy) is 1. The van der Waals surface area contributed by atoms with E-state index in [0.717, 1.165) is 6.29 Å². The van der Waals surface area contributed by atoms with Gasteiger partial charge in [0.25, 0.3) is 5.79 Å². The molecule has 6 atom stereocenters. The summed E-state index contributed by atoms with van der Waals surface area (Å²) in [6.45, 7) is -0.889. The Hall–Kier alpha value is -1.63. The topological polar surface area (TPSA) is 194 Å². The lowest BCUT2D eigenvalue weighted by Crippen LogP contribution is -2.67. The Labute approximate surface area is 155 Å². The summed E-state index contributed by atoms with van der Waals surface area (Å²) >= 11 is 0. The van der Waals surface area contributed by atoms with Gasteiger partial charge in [0.05, 0.1) is 18.8 Å². The molecule has 1 fully saturated rings. The van der Waals surface area contributed by atoms with E-state index in [9.17, 15) is 34.8 Å². The van der Waals surface area contributed by atoms with E-state index in [2.05, 4.69) is 5.32 Å². The Balaban J connectivity index is 2.82. The van der Waals surface area contributed by atoms with Crippen LogP contribution in [0.3, 0.4) is 0 Å². The molecule has 7 N–H and O–H groups in total. The number of carbonyl (C=O) groups is 3. The minimum atomic E-state index is -2.82. The van der Waals surface area contributed by atoms with Gasteiger partial charge in [0.1, 0.15) is 24.6 Å². The summed E-state index contributed by atoms with van der Waals surface area (Å²) in [5.74, 6) is -5.15. The van der Waals surface area contributed by atoms with Gasteiger partial charge in [0, 0.05) is 19.3 Å². The highest BCUT2D eigenvalue weighted by Crippen LogP contribution is 2.30. The fourth-order valence-electron chi connectivity index (χ4n) is 2.85. The van der Waals surface area contributed by atoms with E-state index in [0.29, 0.717) is 25.7 Å². The van der Waals surface area contributed by atoms with Crippen molar-refractivity contribution in [2.45, 2.75) is 74.8 Å². The van der Waals surface area contributed by atoms with Gasteiger partial charge in [0.2, 0.25) is 5.91 Å². The maximum absolute atomic E-state index is 12.1. The van der Waals surface area contributed by atoms with Crippen LogP contribution >= 0.6 is 0 Å². The lowest BCUT2D eigenvalue weighted by Gasteiger charge is -2.44. The van der Waals surface area contributed by atoms with Crippen molar-refractivity contribution in [3.05, 3.63) is 0 Å². The second-order valence-corrected chi connectivity index (χ2v) is 6.54. The first kappa shape index (κ1) is 23.4. The van der Waals surface area contributed by atoms with Crippen molar-refractivity contribution in [1.82, 2.24) is 5.32 Å². The van der Waals surface area contributed by atoms with Crippen LogP contribution in [0.15, 0.2) is 0 Å². The molecule has 0 radical (unpaired) electrons. The van der Waals surface area contributed by atoms with E-state index in [1.165, 1.54) is 0 Å². The molecule has 0 aromatic heterocycles. The minimum absolute atomic E-state index is 0.0522. The standard InChI is InChI=1S/C16H27NO10/c18-6-4-2-1-3-5-11(22)17-12-9(20)7-16(26,15(24)25)27-14(12)13(23)10(21)8-19/h6,9-10,12-14,19-21,23,26H,1-5,7-8H2,(H,17,22)(H,24,25)/t9-,10+,12+,13+,14+,16-/m0/s1. The van der Waals surface area contributed by atoms with Gasteiger partial charge < -0.3 is 45.5 Å². The van der Waals surface area contributed by atoms with Gasteiger partial charge in [-0.2, -0.15) is 0 Å². The molecule has 0 aromatic rings. The molecule has 156 valence electrons. The number of unbranched alkanes of at least 4 members (excludes halogenated alkanes) is 3. The molecule has 0 aliphatic carbocycles. The van der Waals surface area contributed by atoms with Crippen LogP contribution in [0.2, 0.25) is 0 Å². The lowest BCUT2D eigenvalue weighted by atomic mass is 9.88. The van der Waals surface area contributed by atoms with Crippen LogP contribution in [-0.4, -0.2) is 91.7 Å². The zero-order valence-electron chi connectivity index (χ0n) is 14.7. The Morgan fingerprint density at radius 3 is 2.48 bits per heavy atom. The fraction of sp³-hybridized carbons (Fsp3) is 0.812. The van der Waals surface area contributed by atoms with Crippen molar-refractivity contribution in [3.63, 3.8) is 0 Å². The van der Waals surface area contributed by atoms with Gasteiger partial charge in [-0.1, -0.05) is 6.42 Å². The molecule has 0 aromatic carbocycles. The summed E-state index contributed by atoms with van der Waals surface area (Å²) in [5.41, 5.74) is 0. The number of rotatable bonds is 11. The molecule has 1 rings (SSSR count). The number of aldehydes is 1. The molecule has 11 heteroatoms. The molecule has 0 saturated carbocycles. The van der Waals surface area contributed by atoms with Crippen LogP contribution in [0.1, 0.15) is 38.5 Å². The number of hydrogen-bond donors (Lipinski definition) is 7. The molecular formula is C16H27NO10. The van der Waals surface area contributed by atoms with Crippen LogP contribution in [-0.2, 0) is 19.1 Å². The number of carboxylic acid groups (broad SMARTS) is 1. The van der Waals surface area contributed by atoms with Crippen molar-refractivity contribution in [3.8, 4) is 0 Å². The molecule has 0 unspecified atom stereocenters. The van der Waals surface area contributed by atoms with Gasteiger partial charge in [-0.15, -0.1) is 0 Å². The number of aliphatic carboxylic acids is 1. The first-order chi connectivity index (χ1) is 12.7. The summed E-state index contributed by atoms with van der Waals surface area (Å²) in [5, 5.41) is 60.4. The molecule has 1 amide bonds. The van der Waals surface area contributed by atoms with Crippen LogP contribution in [0.25, 0.3) is 0 Å². The number of aliphatic hydroxyl groups is 5. The summed E-state index contributed by atoms with van der Waals surface area (Å²) in [6.07, 6.45) is -4.74. The van der Waals surface area contributed by atoms with Gasteiger partial charge in [-0.05, 0) is 12.8 Å². The molecule has 27 heavy (non-hydrogen) atoms. The number of hydrogen-bond acceptors (Lipinski definition) is 9. The lowest BCUT2D eigenvalue weighted by molar-refractivity contribution is -0.295. The molecular weight excluding hydrogens is 366 g/mol. The van der Waals surface area contributed by atoms with Crippen LogP contribution in [0, 0.1) is 0 Å². The fourth-order valence-corrected chi connectivity index (χ4v) is 2.85. The average Bonchev–Trinajstić information content (AvgIpc) is 2.62. The summed E-state index contributed by atoms with van der Waals surface area (Å²) in [4.78, 5) is 33.5. The third-order valence-electron chi connectivity index (χ3n) is 4.39. The summed E-state index contributed by atoms with van der Waals surface area (Å²) in [7, 11) is 0. The number of amides is 1. The van der Waals surface area contributed by atoms with Crippen molar-refractivity contribution < 1.29 is 49.8 Å². The zero-order valence-corrected chi connectivity index (χ0v) is 14.7. The molecule has 0 bridgehead atoms. The first-order valence-corrected chi connectivity index (χ1v) is 8.68. The summed E-state index contributed by atoms with van der Waals surface area (Å²) < 4.78 is 4.98. The Bertz CT molecular complexity index is 515. The highest BCUT2D eigenvalue weighted by molar-refractivity contribution is 5.77. The molecule has 11 nitrogen and oxygen atoms in total. The molecule has 1 saturated heterocycles. The van der Waals surface area contributed by atoms with Gasteiger partial charge in [0.15, 0.2) is 0 Å². The minimum Gasteiger partial charge on any atom is -0.477 e. The van der Waals surface area contributed by atoms with E-state index in [4.69, 9.17) is 14.9 Å². The van der Waals surface area contributed by atoms with Crippen LogP contribution < -0.4 is 5.32 Å². The van der Waals surface area contributed by atoms with Crippen molar-refractivity contribution >= 4 is 18.2 Å². The third kappa shape index (κ3) is 6.48. The average molecular weight is 393 g/mol. The maximum Gasteiger partial charge on any atom is 0.364 e. The second-order valence-electron chi connectivity index (χ2n) is 6.54. The Kier molecular flexibility index (Phi) is 9.22. The van der Waals surface area contributed by atoms with Crippen LogP contribution in [0.5, 0.6) is 0 Å². The van der Waals surface area contributed by atoms with Crippen molar-refractivity contribution in [2.24, 2.45) is 0 Å². The zero-order chi connectivity index (χ0) is 20.6. The smallest absolute Gasteiger partial charge is 0.364 e. The predicted molar refractivity (Wildman–Crippen MR) is 88.3 cm³/mol. The van der Waals surface area contributed by atoms with E-state index in [1.54, 1.807) is 0 Å². The third-order valence-corrected chi connectivity index (χ3v) is 4.39. The highest BCUT2D eigenvalue weighted by atomic mass is 16.7. The van der Waals surface area contributed by atoms with Crippen molar-refractivity contribution in [1.29, 1.82) is 0 Å². The highest BCUT2D eigenvalue weighted by Gasteiger charge is 2.53. The Morgan fingerprint density at radius 1 is 1.26 bits per heavy atom. The van der Waals surface area contributed by atoms with E-state index >= 15 is 0 Å². The van der Waals surface area contributed by atoms with Crippen molar-refractivity contribution in [2.75, 3.05) is 6.61 Å². The SMILES string of the molecule is O=CCCCCCC(=O)N[C@H]1[C@H]([C@H](O)[C@H](O)CO)O[C@](O)(C(=O)O)C[C@@H]1O. The molecule has 1 aliphatic rings. The largest absolute Gasteiger partial charge is 0.477 e. The number of carboxylic acids is 1. The monoisotopic (exact) mass is 393 g/mol. The second kappa shape index (κ2) is 10.6. The maximum atomic E-state index is 12.1. The van der Waals surface area contributed by atoms with E-state index in [1.807, 2.05) is 0 Å². The molecule has 1 aliphatic heterocycles. The number of carbonyl (C=O) groups excluding carboxylic acids is 2. The Morgan fingerprint density at radius 2 is 1.93 bits per heavy atom. The predicted octanol–water partition coefficient (Wildman–Crippen LogP) is -2.74. The van der Waals surface area contributed by atoms with Gasteiger partial charge in [-0.25, -0.2) is 4.79 Å². The van der Waals surface area contributed by atoms with E-state index < -0.39 is 61.1 Å². The normalized spacial score (nSPS) is 30.3. The number of nitrogens with one attached hydrogen (secondary N) is 1. The quantitative estimate of drug-likeness (QED) is 0.143. The molecule has 1 heterocycles. The molecule has 0 spiro atoms. The van der Waals surface area contributed by atoms with Gasteiger partial charge >= 0.3 is 5.97 Å². The van der Waals surface area contributed by atoms with Crippen LogP contribution in [0.4, 0.5) is 0 Å². The first-order valence-electron chi connectivity index (χ1n) is 8.68.